The van der Waals surface area contributed by atoms with E-state index >= 15 is 0 Å². The quantitative estimate of drug-likeness (QED) is 0.877. The molecule has 21 heavy (non-hydrogen) atoms. The molecule has 1 aromatic carbocycles. The molecule has 7 heteroatoms. The summed E-state index contributed by atoms with van der Waals surface area (Å²) >= 11 is 0. The molecule has 114 valence electrons. The molecule has 2 aromatic rings. The maximum Gasteiger partial charge on any atom is 0.267 e. The van der Waals surface area contributed by atoms with Gasteiger partial charge >= 0.3 is 0 Å². The molecule has 3 N–H and O–H groups in total. The topological polar surface area (TPSA) is 92.1 Å². The van der Waals surface area contributed by atoms with E-state index < -0.39 is 10.0 Å². The highest BCUT2D eigenvalue weighted by Crippen LogP contribution is 2.26. The van der Waals surface area contributed by atoms with E-state index in [2.05, 4.69) is 17.1 Å². The van der Waals surface area contributed by atoms with Crippen LogP contribution in [0.4, 0.5) is 5.69 Å². The van der Waals surface area contributed by atoms with Gasteiger partial charge in [-0.1, -0.05) is 19.1 Å². The maximum absolute atomic E-state index is 12.8. The van der Waals surface area contributed by atoms with Gasteiger partial charge in [-0.05, 0) is 31.0 Å². The van der Waals surface area contributed by atoms with Crippen LogP contribution in [0.5, 0.6) is 0 Å². The van der Waals surface area contributed by atoms with E-state index in [0.29, 0.717) is 17.1 Å². The Morgan fingerprint density at radius 1 is 1.29 bits per heavy atom. The second kappa shape index (κ2) is 5.87. The molecule has 0 radical (unpaired) electrons. The molecule has 0 bridgehead atoms. The van der Waals surface area contributed by atoms with Gasteiger partial charge < -0.3 is 5.73 Å². The van der Waals surface area contributed by atoms with E-state index in [1.165, 1.54) is 11.4 Å². The Morgan fingerprint density at radius 3 is 2.43 bits per heavy atom. The van der Waals surface area contributed by atoms with Crippen LogP contribution in [-0.2, 0) is 23.0 Å². The molecule has 0 aliphatic heterocycles. The highest BCUT2D eigenvalue weighted by molar-refractivity contribution is 7.92. The van der Waals surface area contributed by atoms with Gasteiger partial charge in [0.1, 0.15) is 4.90 Å². The maximum atomic E-state index is 12.8. The van der Waals surface area contributed by atoms with Gasteiger partial charge in [0.25, 0.3) is 10.0 Å². The van der Waals surface area contributed by atoms with E-state index in [1.54, 1.807) is 19.1 Å². The van der Waals surface area contributed by atoms with Crippen LogP contribution >= 0.6 is 0 Å². The SMILES string of the molecule is CCc1ccc(N(C)S(=O)(=O)c2c(CN)n[nH]c2C)cc1. The first-order valence-electron chi connectivity index (χ1n) is 6.73. The van der Waals surface area contributed by atoms with Gasteiger partial charge in [0.2, 0.25) is 0 Å². The van der Waals surface area contributed by atoms with Crippen LogP contribution in [0, 0.1) is 6.92 Å². The highest BCUT2D eigenvalue weighted by atomic mass is 32.2. The Labute approximate surface area is 125 Å². The van der Waals surface area contributed by atoms with Gasteiger partial charge in [0, 0.05) is 13.6 Å². The molecule has 0 saturated carbocycles. The first-order chi connectivity index (χ1) is 9.91. The Bertz CT molecular complexity index is 720. The Morgan fingerprint density at radius 2 is 1.90 bits per heavy atom. The molecule has 0 aliphatic rings. The minimum Gasteiger partial charge on any atom is -0.325 e. The number of rotatable bonds is 5. The smallest absolute Gasteiger partial charge is 0.267 e. The third-order valence-electron chi connectivity index (χ3n) is 3.48. The fraction of sp³-hybridized carbons (Fsp3) is 0.357. The molecule has 1 heterocycles. The average Bonchev–Trinajstić information content (AvgIpc) is 2.88. The molecule has 1 aromatic heterocycles. The minimum absolute atomic E-state index is 0.0709. The van der Waals surface area contributed by atoms with E-state index in [9.17, 15) is 8.42 Å². The van der Waals surface area contributed by atoms with Crippen molar-refractivity contribution >= 4 is 15.7 Å². The van der Waals surface area contributed by atoms with Crippen molar-refractivity contribution in [3.8, 4) is 0 Å². The summed E-state index contributed by atoms with van der Waals surface area (Å²) in [6.07, 6.45) is 0.912. The zero-order valence-electron chi connectivity index (χ0n) is 12.4. The first kappa shape index (κ1) is 15.5. The zero-order valence-corrected chi connectivity index (χ0v) is 13.2. The van der Waals surface area contributed by atoms with Gasteiger partial charge in [-0.15, -0.1) is 0 Å². The number of hydrogen-bond acceptors (Lipinski definition) is 4. The van der Waals surface area contributed by atoms with Gasteiger partial charge in [-0.25, -0.2) is 8.42 Å². The second-order valence-electron chi connectivity index (χ2n) is 4.82. The summed E-state index contributed by atoms with van der Waals surface area (Å²) in [5.41, 5.74) is 8.18. The van der Waals surface area contributed by atoms with Crippen LogP contribution in [0.3, 0.4) is 0 Å². The van der Waals surface area contributed by atoms with Crippen LogP contribution in [0.2, 0.25) is 0 Å². The molecular formula is C14H20N4O2S. The lowest BCUT2D eigenvalue weighted by molar-refractivity contribution is 0.592. The third-order valence-corrected chi connectivity index (χ3v) is 5.47. The molecule has 0 saturated heterocycles. The third kappa shape index (κ3) is 2.79. The summed E-state index contributed by atoms with van der Waals surface area (Å²) < 4.78 is 26.8. The zero-order chi connectivity index (χ0) is 15.6. The summed E-state index contributed by atoms with van der Waals surface area (Å²) in [4.78, 5) is 0.159. The molecule has 0 aliphatic carbocycles. The summed E-state index contributed by atoms with van der Waals surface area (Å²) in [6.45, 7) is 3.80. The van der Waals surface area contributed by atoms with E-state index in [0.717, 1.165) is 12.0 Å². The minimum atomic E-state index is -3.68. The number of anilines is 1. The molecule has 0 atom stereocenters. The average molecular weight is 308 g/mol. The van der Waals surface area contributed by atoms with Crippen molar-refractivity contribution in [1.82, 2.24) is 10.2 Å². The van der Waals surface area contributed by atoms with Gasteiger partial charge in [0.05, 0.1) is 17.1 Å². The second-order valence-corrected chi connectivity index (χ2v) is 6.73. The molecule has 0 unspecified atom stereocenters. The number of aryl methyl sites for hydroxylation is 2. The van der Waals surface area contributed by atoms with Crippen molar-refractivity contribution < 1.29 is 8.42 Å². The lowest BCUT2D eigenvalue weighted by Gasteiger charge is -2.20. The summed E-state index contributed by atoms with van der Waals surface area (Å²) in [5.74, 6) is 0. The van der Waals surface area contributed by atoms with Gasteiger partial charge in [-0.2, -0.15) is 5.10 Å². The normalized spacial score (nSPS) is 11.6. The number of aromatic nitrogens is 2. The number of nitrogens with one attached hydrogen (secondary N) is 1. The van der Waals surface area contributed by atoms with Crippen molar-refractivity contribution in [3.05, 3.63) is 41.2 Å². The first-order valence-corrected chi connectivity index (χ1v) is 8.17. The van der Waals surface area contributed by atoms with Crippen LogP contribution in [-0.4, -0.2) is 25.7 Å². The van der Waals surface area contributed by atoms with Crippen LogP contribution in [0.25, 0.3) is 0 Å². The van der Waals surface area contributed by atoms with E-state index in [1.807, 2.05) is 12.1 Å². The Kier molecular flexibility index (Phi) is 4.34. The van der Waals surface area contributed by atoms with Crippen molar-refractivity contribution in [2.24, 2.45) is 5.73 Å². The van der Waals surface area contributed by atoms with E-state index in [-0.39, 0.29) is 11.4 Å². The molecule has 2 rings (SSSR count). The van der Waals surface area contributed by atoms with Gasteiger partial charge in [0.15, 0.2) is 0 Å². The number of nitrogens with zero attached hydrogens (tertiary/aromatic N) is 2. The Balaban J connectivity index is 2.44. The number of sulfonamides is 1. The Hall–Kier alpha value is -1.86. The van der Waals surface area contributed by atoms with Crippen molar-refractivity contribution in [3.63, 3.8) is 0 Å². The number of H-pyrrole nitrogens is 1. The summed E-state index contributed by atoms with van der Waals surface area (Å²) in [7, 11) is -2.15. The van der Waals surface area contributed by atoms with Crippen molar-refractivity contribution in [1.29, 1.82) is 0 Å². The van der Waals surface area contributed by atoms with Gasteiger partial charge in [-0.3, -0.25) is 9.40 Å². The number of nitrogens with two attached hydrogens (primary N) is 1. The fourth-order valence-corrected chi connectivity index (χ4v) is 3.70. The number of aromatic amines is 1. The monoisotopic (exact) mass is 308 g/mol. The highest BCUT2D eigenvalue weighted by Gasteiger charge is 2.28. The van der Waals surface area contributed by atoms with Crippen molar-refractivity contribution in [2.75, 3.05) is 11.4 Å². The molecule has 0 amide bonds. The summed E-state index contributed by atoms with van der Waals surface area (Å²) in [6, 6.07) is 7.45. The van der Waals surface area contributed by atoms with Crippen LogP contribution < -0.4 is 10.0 Å². The lowest BCUT2D eigenvalue weighted by Crippen LogP contribution is -2.28. The predicted molar refractivity (Wildman–Crippen MR) is 82.6 cm³/mol. The fourth-order valence-electron chi connectivity index (χ4n) is 2.17. The molecule has 0 fully saturated rings. The van der Waals surface area contributed by atoms with Crippen LogP contribution in [0.1, 0.15) is 23.9 Å². The van der Waals surface area contributed by atoms with E-state index in [4.69, 9.17) is 5.73 Å². The largest absolute Gasteiger partial charge is 0.325 e. The summed E-state index contributed by atoms with van der Waals surface area (Å²) in [5, 5.41) is 6.63. The molecule has 6 nitrogen and oxygen atoms in total. The number of hydrogen-bond donors (Lipinski definition) is 2. The standard InChI is InChI=1S/C14H20N4O2S/c1-4-11-5-7-12(8-6-11)18(3)21(19,20)14-10(2)16-17-13(14)9-15/h5-8H,4,9,15H2,1-3H3,(H,16,17). The number of benzene rings is 1. The molecule has 0 spiro atoms. The molecular weight excluding hydrogens is 288 g/mol. The van der Waals surface area contributed by atoms with Crippen LogP contribution in [0.15, 0.2) is 29.2 Å². The predicted octanol–water partition coefficient (Wildman–Crippen LogP) is 1.56. The van der Waals surface area contributed by atoms with Crippen molar-refractivity contribution in [2.45, 2.75) is 31.7 Å². The lowest BCUT2D eigenvalue weighted by atomic mass is 10.1.